The lowest BCUT2D eigenvalue weighted by Crippen LogP contribution is -2.67. The molecule has 0 heterocycles. The number of fused-ring (bicyclic) bond motifs is 2. The monoisotopic (exact) mass is 464 g/mol. The van der Waals surface area contributed by atoms with E-state index in [4.69, 9.17) is 9.47 Å². The Bertz CT molecular complexity index is 969. The summed E-state index contributed by atoms with van der Waals surface area (Å²) in [4.78, 5) is 50.5. The number of carbonyl (C=O) groups excluding carboxylic acids is 4. The SMILES string of the molecule is CC(=O)OC[C@]1(C)[C@H](OC(C)=O)CC[C@]2(C)C3=C(C(=O)[C@]4(C[C@@H]4C)[C@@H](O)C3=O)[C@H](O)[C@@H](O)[C@@H]12. The summed E-state index contributed by atoms with van der Waals surface area (Å²) in [6.45, 7) is 7.44. The Kier molecular flexibility index (Phi) is 5.43. The molecule has 2 saturated carbocycles. The van der Waals surface area contributed by atoms with Crippen LogP contribution < -0.4 is 0 Å². The van der Waals surface area contributed by atoms with Gasteiger partial charge in [-0.1, -0.05) is 20.8 Å². The van der Waals surface area contributed by atoms with Gasteiger partial charge in [-0.25, -0.2) is 0 Å². The normalized spacial score (nSPS) is 46.5. The molecule has 0 aromatic carbocycles. The van der Waals surface area contributed by atoms with Crippen molar-refractivity contribution in [1.82, 2.24) is 0 Å². The first-order chi connectivity index (χ1) is 15.2. The van der Waals surface area contributed by atoms with E-state index in [1.54, 1.807) is 20.8 Å². The molecule has 4 aliphatic rings. The van der Waals surface area contributed by atoms with Crippen molar-refractivity contribution in [3.8, 4) is 0 Å². The van der Waals surface area contributed by atoms with Crippen LogP contribution in [0.25, 0.3) is 0 Å². The molecule has 2 fully saturated rings. The molecule has 0 unspecified atom stereocenters. The van der Waals surface area contributed by atoms with Crippen molar-refractivity contribution < 1.29 is 44.0 Å². The van der Waals surface area contributed by atoms with Gasteiger partial charge >= 0.3 is 11.9 Å². The molecule has 9 nitrogen and oxygen atoms in total. The van der Waals surface area contributed by atoms with E-state index in [1.807, 2.05) is 0 Å². The highest BCUT2D eigenvalue weighted by Gasteiger charge is 2.73. The van der Waals surface area contributed by atoms with E-state index in [9.17, 15) is 34.5 Å². The molecular formula is C24H32O9. The molecule has 33 heavy (non-hydrogen) atoms. The second kappa shape index (κ2) is 7.45. The molecule has 182 valence electrons. The standard InChI is InChI=1S/C24H32O9/c1-10-8-24(10)20(30)14-15(17(28)21(24)31)22(4)7-6-13(33-12(3)26)23(5,9-32-11(2)25)19(22)18(29)16(14)27/h10,13,16,18-19,21,27,29,31H,6-9H2,1-5H3/t10-,13+,16-,18+,19+,21-,22+,23+,24+/m0/s1. The van der Waals surface area contributed by atoms with Crippen LogP contribution in [0.3, 0.4) is 0 Å². The number of esters is 2. The zero-order valence-corrected chi connectivity index (χ0v) is 19.6. The van der Waals surface area contributed by atoms with Gasteiger partial charge in [0.25, 0.3) is 0 Å². The number of aliphatic hydroxyl groups excluding tert-OH is 3. The predicted octanol–water partition coefficient (Wildman–Crippen LogP) is 0.475. The van der Waals surface area contributed by atoms with Crippen molar-refractivity contribution in [2.75, 3.05) is 6.61 Å². The topological polar surface area (TPSA) is 147 Å². The molecule has 9 heteroatoms. The van der Waals surface area contributed by atoms with Gasteiger partial charge in [-0.05, 0) is 25.2 Å². The second-order valence-corrected chi connectivity index (χ2v) is 10.8. The van der Waals surface area contributed by atoms with E-state index in [2.05, 4.69) is 0 Å². The maximum atomic E-state index is 13.5. The summed E-state index contributed by atoms with van der Waals surface area (Å²) in [5.74, 6) is -3.31. The van der Waals surface area contributed by atoms with Gasteiger partial charge in [0.1, 0.15) is 24.9 Å². The summed E-state index contributed by atoms with van der Waals surface area (Å²) in [5, 5.41) is 33.4. The summed E-state index contributed by atoms with van der Waals surface area (Å²) < 4.78 is 10.8. The van der Waals surface area contributed by atoms with Crippen LogP contribution in [-0.4, -0.2) is 69.8 Å². The first-order valence-electron chi connectivity index (χ1n) is 11.4. The molecular weight excluding hydrogens is 432 g/mol. The van der Waals surface area contributed by atoms with Gasteiger partial charge < -0.3 is 24.8 Å². The van der Waals surface area contributed by atoms with Gasteiger partial charge in [0.15, 0.2) is 11.6 Å². The van der Waals surface area contributed by atoms with Gasteiger partial charge in [0.2, 0.25) is 0 Å². The van der Waals surface area contributed by atoms with Crippen LogP contribution in [0.2, 0.25) is 0 Å². The molecule has 3 N–H and O–H groups in total. The minimum Gasteiger partial charge on any atom is -0.465 e. The van der Waals surface area contributed by atoms with E-state index in [-0.39, 0.29) is 36.5 Å². The third-order valence-electron chi connectivity index (χ3n) is 8.77. The van der Waals surface area contributed by atoms with Gasteiger partial charge in [0.05, 0.1) is 11.5 Å². The molecule has 0 bridgehead atoms. The average molecular weight is 465 g/mol. The van der Waals surface area contributed by atoms with E-state index >= 15 is 0 Å². The van der Waals surface area contributed by atoms with Crippen LogP contribution in [0.1, 0.15) is 53.9 Å². The van der Waals surface area contributed by atoms with Crippen molar-refractivity contribution in [3.63, 3.8) is 0 Å². The Hall–Kier alpha value is -2.10. The van der Waals surface area contributed by atoms with Crippen LogP contribution in [-0.2, 0) is 28.7 Å². The van der Waals surface area contributed by atoms with Gasteiger partial charge in [-0.2, -0.15) is 0 Å². The van der Waals surface area contributed by atoms with Crippen molar-refractivity contribution in [2.24, 2.45) is 28.1 Å². The van der Waals surface area contributed by atoms with Crippen molar-refractivity contribution >= 4 is 23.5 Å². The van der Waals surface area contributed by atoms with Crippen LogP contribution in [0.15, 0.2) is 11.1 Å². The van der Waals surface area contributed by atoms with Crippen molar-refractivity contribution in [1.29, 1.82) is 0 Å². The Morgan fingerprint density at radius 3 is 2.21 bits per heavy atom. The van der Waals surface area contributed by atoms with Crippen LogP contribution in [0, 0.1) is 28.1 Å². The van der Waals surface area contributed by atoms with E-state index < -0.39 is 70.1 Å². The zero-order valence-electron chi connectivity index (χ0n) is 19.6. The second-order valence-electron chi connectivity index (χ2n) is 10.8. The Labute approximate surface area is 192 Å². The number of ether oxygens (including phenoxy) is 2. The quantitative estimate of drug-likeness (QED) is 0.507. The number of hydrogen-bond acceptors (Lipinski definition) is 9. The highest BCUT2D eigenvalue weighted by Crippen LogP contribution is 2.66. The highest BCUT2D eigenvalue weighted by molar-refractivity contribution is 6.19. The Balaban J connectivity index is 1.88. The molecule has 1 spiro atoms. The number of ketones is 2. The fourth-order valence-electron chi connectivity index (χ4n) is 7.09. The lowest BCUT2D eigenvalue weighted by molar-refractivity contribution is -0.205. The highest BCUT2D eigenvalue weighted by atomic mass is 16.6. The summed E-state index contributed by atoms with van der Waals surface area (Å²) >= 11 is 0. The molecule has 9 atom stereocenters. The number of hydrogen-bond donors (Lipinski definition) is 3. The molecule has 0 amide bonds. The molecule has 4 aliphatic carbocycles. The van der Waals surface area contributed by atoms with Crippen LogP contribution >= 0.6 is 0 Å². The lowest BCUT2D eigenvalue weighted by Gasteiger charge is -2.60. The maximum Gasteiger partial charge on any atom is 0.302 e. The Morgan fingerprint density at radius 1 is 1.09 bits per heavy atom. The number of carbonyl (C=O) groups is 4. The van der Waals surface area contributed by atoms with Gasteiger partial charge in [-0.3, -0.25) is 19.2 Å². The van der Waals surface area contributed by atoms with Crippen LogP contribution in [0.5, 0.6) is 0 Å². The summed E-state index contributed by atoms with van der Waals surface area (Å²) in [5.41, 5.74) is -3.59. The third kappa shape index (κ3) is 3.08. The molecule has 0 aliphatic heterocycles. The molecule has 4 rings (SSSR count). The molecule has 0 saturated heterocycles. The molecule has 0 radical (unpaired) electrons. The number of Topliss-reactive ketones (excluding diaryl/α,β-unsaturated/α-hetero) is 2. The first kappa shape index (κ1) is 24.0. The summed E-state index contributed by atoms with van der Waals surface area (Å²) in [7, 11) is 0. The number of aliphatic hydroxyl groups is 3. The number of rotatable bonds is 3. The minimum atomic E-state index is -1.65. The predicted molar refractivity (Wildman–Crippen MR) is 112 cm³/mol. The average Bonchev–Trinajstić information content (AvgIpc) is 3.40. The smallest absolute Gasteiger partial charge is 0.302 e. The maximum absolute atomic E-state index is 13.5. The van der Waals surface area contributed by atoms with Crippen molar-refractivity contribution in [2.45, 2.75) is 78.3 Å². The van der Waals surface area contributed by atoms with Gasteiger partial charge in [0, 0.05) is 41.7 Å². The van der Waals surface area contributed by atoms with E-state index in [1.165, 1.54) is 13.8 Å². The van der Waals surface area contributed by atoms with E-state index in [0.29, 0.717) is 6.42 Å². The zero-order chi connectivity index (χ0) is 24.7. The largest absolute Gasteiger partial charge is 0.465 e. The molecule has 0 aromatic heterocycles. The fourth-order valence-corrected chi connectivity index (χ4v) is 7.09. The first-order valence-corrected chi connectivity index (χ1v) is 11.4. The van der Waals surface area contributed by atoms with Gasteiger partial charge in [-0.15, -0.1) is 0 Å². The minimum absolute atomic E-state index is 0.0443. The van der Waals surface area contributed by atoms with E-state index in [0.717, 1.165) is 0 Å². The molecule has 0 aromatic rings. The Morgan fingerprint density at radius 2 is 1.70 bits per heavy atom. The third-order valence-corrected chi connectivity index (χ3v) is 8.77. The van der Waals surface area contributed by atoms with Crippen LogP contribution in [0.4, 0.5) is 0 Å². The lowest BCUT2D eigenvalue weighted by atomic mass is 9.45. The fraction of sp³-hybridized carbons (Fsp3) is 0.750. The summed E-state index contributed by atoms with van der Waals surface area (Å²) in [6, 6.07) is 0. The van der Waals surface area contributed by atoms with Crippen molar-refractivity contribution in [3.05, 3.63) is 11.1 Å². The summed E-state index contributed by atoms with van der Waals surface area (Å²) in [6.07, 6.45) is -4.51.